The molecule has 1 fully saturated rings. The summed E-state index contributed by atoms with van der Waals surface area (Å²) < 4.78 is 27.4. The highest BCUT2D eigenvalue weighted by atomic mass is 32.2. The summed E-state index contributed by atoms with van der Waals surface area (Å²) in [5.41, 5.74) is 6.90. The van der Waals surface area contributed by atoms with Crippen LogP contribution < -0.4 is 5.73 Å². The minimum Gasteiger partial charge on any atom is -0.472 e. The van der Waals surface area contributed by atoms with Crippen LogP contribution in [0.5, 0.6) is 0 Å². The summed E-state index contributed by atoms with van der Waals surface area (Å²) in [5, 5.41) is 0. The molecule has 0 amide bonds. The standard InChI is InChI=1S/C10H15NO3S/c11-10(9-1-3-14-6-9)5-8-2-4-15(12,13)7-8/h1,3,6,8,10H,2,4-5,7,11H2. The van der Waals surface area contributed by atoms with Crippen molar-refractivity contribution in [2.24, 2.45) is 11.7 Å². The van der Waals surface area contributed by atoms with E-state index >= 15 is 0 Å². The summed E-state index contributed by atoms with van der Waals surface area (Å²) in [4.78, 5) is 0. The van der Waals surface area contributed by atoms with Crippen molar-refractivity contribution < 1.29 is 12.8 Å². The van der Waals surface area contributed by atoms with Crippen molar-refractivity contribution in [2.45, 2.75) is 18.9 Å². The Hall–Kier alpha value is -0.810. The van der Waals surface area contributed by atoms with Crippen LogP contribution in [0.25, 0.3) is 0 Å². The average molecular weight is 229 g/mol. The van der Waals surface area contributed by atoms with Crippen molar-refractivity contribution in [1.29, 1.82) is 0 Å². The normalized spacial score (nSPS) is 26.6. The molecular formula is C10H15NO3S. The van der Waals surface area contributed by atoms with E-state index in [1.165, 1.54) is 0 Å². The van der Waals surface area contributed by atoms with E-state index in [2.05, 4.69) is 0 Å². The average Bonchev–Trinajstić information content (AvgIpc) is 2.74. The van der Waals surface area contributed by atoms with Crippen molar-refractivity contribution in [3.8, 4) is 0 Å². The zero-order chi connectivity index (χ0) is 10.9. The van der Waals surface area contributed by atoms with E-state index in [-0.39, 0.29) is 12.0 Å². The van der Waals surface area contributed by atoms with Gasteiger partial charge in [-0.15, -0.1) is 0 Å². The van der Waals surface area contributed by atoms with Crippen molar-refractivity contribution in [3.63, 3.8) is 0 Å². The van der Waals surface area contributed by atoms with E-state index in [1.807, 2.05) is 6.07 Å². The molecule has 2 atom stereocenters. The third-order valence-corrected chi connectivity index (χ3v) is 4.72. The van der Waals surface area contributed by atoms with Crippen LogP contribution in [0, 0.1) is 5.92 Å². The van der Waals surface area contributed by atoms with Crippen LogP contribution in [-0.2, 0) is 9.84 Å². The Labute approximate surface area is 89.4 Å². The summed E-state index contributed by atoms with van der Waals surface area (Å²) in [7, 11) is -2.79. The van der Waals surface area contributed by atoms with E-state index in [9.17, 15) is 8.42 Å². The molecule has 84 valence electrons. The highest BCUT2D eigenvalue weighted by Gasteiger charge is 2.29. The van der Waals surface area contributed by atoms with Gasteiger partial charge in [-0.3, -0.25) is 0 Å². The minimum absolute atomic E-state index is 0.109. The molecule has 0 aromatic carbocycles. The van der Waals surface area contributed by atoms with Crippen molar-refractivity contribution in [1.82, 2.24) is 0 Å². The molecule has 0 bridgehead atoms. The molecule has 0 radical (unpaired) electrons. The Kier molecular flexibility index (Phi) is 2.84. The van der Waals surface area contributed by atoms with E-state index in [1.54, 1.807) is 12.5 Å². The van der Waals surface area contributed by atoms with Crippen LogP contribution in [0.15, 0.2) is 23.0 Å². The summed E-state index contributed by atoms with van der Waals surface area (Å²) in [6.45, 7) is 0. The molecule has 5 heteroatoms. The molecule has 4 nitrogen and oxygen atoms in total. The van der Waals surface area contributed by atoms with Gasteiger partial charge in [0.1, 0.15) is 0 Å². The van der Waals surface area contributed by atoms with E-state index in [0.29, 0.717) is 11.5 Å². The number of rotatable bonds is 3. The van der Waals surface area contributed by atoms with E-state index in [0.717, 1.165) is 18.4 Å². The molecular weight excluding hydrogens is 214 g/mol. The third-order valence-electron chi connectivity index (χ3n) is 2.89. The molecule has 1 aliphatic rings. The highest BCUT2D eigenvalue weighted by molar-refractivity contribution is 7.91. The summed E-state index contributed by atoms with van der Waals surface area (Å²) in [6.07, 6.45) is 4.67. The quantitative estimate of drug-likeness (QED) is 0.842. The molecule has 2 unspecified atom stereocenters. The number of sulfone groups is 1. The van der Waals surface area contributed by atoms with Gasteiger partial charge in [-0.2, -0.15) is 0 Å². The van der Waals surface area contributed by atoms with Gasteiger partial charge in [0, 0.05) is 11.6 Å². The molecule has 1 aromatic heterocycles. The van der Waals surface area contributed by atoms with Gasteiger partial charge in [-0.05, 0) is 24.8 Å². The second kappa shape index (κ2) is 3.98. The molecule has 1 saturated heterocycles. The Bertz CT molecular complexity index is 410. The zero-order valence-electron chi connectivity index (χ0n) is 8.43. The molecule has 2 heterocycles. The lowest BCUT2D eigenvalue weighted by Gasteiger charge is -2.13. The predicted molar refractivity (Wildman–Crippen MR) is 57.0 cm³/mol. The Morgan fingerprint density at radius 2 is 2.40 bits per heavy atom. The van der Waals surface area contributed by atoms with Gasteiger partial charge in [0.25, 0.3) is 0 Å². The maximum Gasteiger partial charge on any atom is 0.150 e. The molecule has 2 rings (SSSR count). The van der Waals surface area contributed by atoms with Gasteiger partial charge in [0.05, 0.1) is 24.0 Å². The first kappa shape index (κ1) is 10.7. The molecule has 15 heavy (non-hydrogen) atoms. The summed E-state index contributed by atoms with van der Waals surface area (Å²) in [5.74, 6) is 0.814. The van der Waals surface area contributed by atoms with Gasteiger partial charge < -0.3 is 10.2 Å². The first-order chi connectivity index (χ1) is 7.07. The third kappa shape index (κ3) is 2.60. The number of hydrogen-bond acceptors (Lipinski definition) is 4. The molecule has 0 spiro atoms. The van der Waals surface area contributed by atoms with Crippen LogP contribution in [0.3, 0.4) is 0 Å². The van der Waals surface area contributed by atoms with Gasteiger partial charge in [-0.25, -0.2) is 8.42 Å². The monoisotopic (exact) mass is 229 g/mol. The molecule has 1 aromatic rings. The first-order valence-electron chi connectivity index (χ1n) is 5.05. The predicted octanol–water partition coefficient (Wildman–Crippen LogP) is 1.10. The van der Waals surface area contributed by atoms with Gasteiger partial charge in [0.15, 0.2) is 9.84 Å². The summed E-state index contributed by atoms with van der Waals surface area (Å²) in [6, 6.07) is 1.72. The lowest BCUT2D eigenvalue weighted by molar-refractivity contribution is 0.476. The largest absolute Gasteiger partial charge is 0.472 e. The topological polar surface area (TPSA) is 73.3 Å². The first-order valence-corrected chi connectivity index (χ1v) is 6.87. The number of furan rings is 1. The van der Waals surface area contributed by atoms with Crippen molar-refractivity contribution in [3.05, 3.63) is 24.2 Å². The minimum atomic E-state index is -2.79. The number of nitrogens with two attached hydrogens (primary N) is 1. The molecule has 0 saturated carbocycles. The van der Waals surface area contributed by atoms with Crippen LogP contribution in [0.4, 0.5) is 0 Å². The lowest BCUT2D eigenvalue weighted by Crippen LogP contribution is -2.15. The fraction of sp³-hybridized carbons (Fsp3) is 0.600. The Morgan fingerprint density at radius 3 is 2.93 bits per heavy atom. The van der Waals surface area contributed by atoms with Gasteiger partial charge in [0.2, 0.25) is 0 Å². The van der Waals surface area contributed by atoms with Crippen molar-refractivity contribution >= 4 is 9.84 Å². The van der Waals surface area contributed by atoms with Crippen LogP contribution in [0.2, 0.25) is 0 Å². The Morgan fingerprint density at radius 1 is 1.60 bits per heavy atom. The lowest BCUT2D eigenvalue weighted by atomic mass is 9.96. The van der Waals surface area contributed by atoms with Gasteiger partial charge >= 0.3 is 0 Å². The fourth-order valence-corrected chi connectivity index (χ4v) is 3.92. The number of hydrogen-bond donors (Lipinski definition) is 1. The van der Waals surface area contributed by atoms with Crippen LogP contribution in [-0.4, -0.2) is 19.9 Å². The zero-order valence-corrected chi connectivity index (χ0v) is 9.24. The maximum absolute atomic E-state index is 11.2. The van der Waals surface area contributed by atoms with Crippen LogP contribution >= 0.6 is 0 Å². The highest BCUT2D eigenvalue weighted by Crippen LogP contribution is 2.27. The Balaban J connectivity index is 1.94. The molecule has 2 N–H and O–H groups in total. The van der Waals surface area contributed by atoms with Crippen molar-refractivity contribution in [2.75, 3.05) is 11.5 Å². The SMILES string of the molecule is NC(CC1CCS(=O)(=O)C1)c1ccoc1. The fourth-order valence-electron chi connectivity index (χ4n) is 2.04. The maximum atomic E-state index is 11.2. The molecule has 0 aliphatic carbocycles. The van der Waals surface area contributed by atoms with E-state index < -0.39 is 9.84 Å². The summed E-state index contributed by atoms with van der Waals surface area (Å²) >= 11 is 0. The van der Waals surface area contributed by atoms with E-state index in [4.69, 9.17) is 10.2 Å². The van der Waals surface area contributed by atoms with Gasteiger partial charge in [-0.1, -0.05) is 0 Å². The second-order valence-corrected chi connectivity index (χ2v) is 6.40. The molecule has 1 aliphatic heterocycles. The van der Waals surface area contributed by atoms with Crippen LogP contribution in [0.1, 0.15) is 24.4 Å². The smallest absolute Gasteiger partial charge is 0.150 e. The second-order valence-electron chi connectivity index (χ2n) is 4.17.